The van der Waals surface area contributed by atoms with Gasteiger partial charge in [-0.1, -0.05) is 46.5 Å². The molecular weight excluding hydrogens is 172 g/mol. The first-order valence-electron chi connectivity index (χ1n) is 5.80. The lowest BCUT2D eigenvalue weighted by Crippen LogP contribution is -2.29. The molecule has 2 nitrogen and oxygen atoms in total. The Labute approximate surface area is 88.0 Å². The van der Waals surface area contributed by atoms with Gasteiger partial charge in [-0.25, -0.2) is 0 Å². The lowest BCUT2D eigenvalue weighted by Gasteiger charge is -2.17. The van der Waals surface area contributed by atoms with E-state index in [0.29, 0.717) is 0 Å². The van der Waals surface area contributed by atoms with Crippen molar-refractivity contribution in [1.29, 1.82) is 0 Å². The van der Waals surface area contributed by atoms with Gasteiger partial charge in [0.15, 0.2) is 0 Å². The number of aliphatic imine (C=N–C) groups is 1. The van der Waals surface area contributed by atoms with E-state index in [9.17, 15) is 0 Å². The Bertz CT molecular complexity index is 195. The summed E-state index contributed by atoms with van der Waals surface area (Å²) in [5.74, 6) is 1.72. The number of nitrogens with two attached hydrogens (primary N) is 1. The Morgan fingerprint density at radius 2 is 1.86 bits per heavy atom. The fourth-order valence-corrected chi connectivity index (χ4v) is 1.90. The predicted molar refractivity (Wildman–Crippen MR) is 62.5 cm³/mol. The summed E-state index contributed by atoms with van der Waals surface area (Å²) >= 11 is 0. The minimum atomic E-state index is 0.0374. The minimum absolute atomic E-state index is 0.0374. The number of nitrogens with zero attached hydrogens (tertiary/aromatic N) is 1. The van der Waals surface area contributed by atoms with Crippen molar-refractivity contribution in [3.63, 3.8) is 0 Å². The van der Waals surface area contributed by atoms with Gasteiger partial charge in [0.1, 0.15) is 0 Å². The van der Waals surface area contributed by atoms with Gasteiger partial charge in [-0.3, -0.25) is 4.99 Å². The first-order valence-corrected chi connectivity index (χ1v) is 5.80. The van der Waals surface area contributed by atoms with Crippen LogP contribution in [0.5, 0.6) is 0 Å². The van der Waals surface area contributed by atoms with Crippen molar-refractivity contribution in [2.45, 2.75) is 52.9 Å². The van der Waals surface area contributed by atoms with Crippen LogP contribution >= 0.6 is 0 Å². The molecule has 0 atom stereocenters. The van der Waals surface area contributed by atoms with Crippen LogP contribution in [0.15, 0.2) is 4.99 Å². The van der Waals surface area contributed by atoms with Crippen LogP contribution in [0, 0.1) is 11.3 Å². The molecule has 1 aliphatic carbocycles. The van der Waals surface area contributed by atoms with Crippen LogP contribution in [0.1, 0.15) is 52.9 Å². The van der Waals surface area contributed by atoms with Crippen molar-refractivity contribution < 1.29 is 0 Å². The first kappa shape index (κ1) is 11.5. The fraction of sp³-hybridized carbons (Fsp3) is 0.917. The average molecular weight is 196 g/mol. The molecule has 0 bridgehead atoms. The zero-order valence-electron chi connectivity index (χ0n) is 9.84. The second-order valence-electron chi connectivity index (χ2n) is 5.46. The monoisotopic (exact) mass is 196 g/mol. The summed E-state index contributed by atoms with van der Waals surface area (Å²) in [5, 5.41) is 0. The van der Waals surface area contributed by atoms with E-state index in [1.165, 1.54) is 32.1 Å². The van der Waals surface area contributed by atoms with Gasteiger partial charge in [-0.05, 0) is 12.3 Å². The predicted octanol–water partition coefficient (Wildman–Crippen LogP) is 2.97. The molecule has 0 amide bonds. The highest BCUT2D eigenvalue weighted by molar-refractivity contribution is 5.85. The highest BCUT2D eigenvalue weighted by Gasteiger charge is 2.16. The molecule has 1 saturated carbocycles. The van der Waals surface area contributed by atoms with Crippen molar-refractivity contribution in [1.82, 2.24) is 0 Å². The summed E-state index contributed by atoms with van der Waals surface area (Å²) in [6.45, 7) is 7.26. The van der Waals surface area contributed by atoms with E-state index in [4.69, 9.17) is 5.73 Å². The maximum Gasteiger partial charge on any atom is 0.0991 e. The van der Waals surface area contributed by atoms with Crippen molar-refractivity contribution in [3.05, 3.63) is 0 Å². The van der Waals surface area contributed by atoms with E-state index in [1.807, 2.05) is 0 Å². The van der Waals surface area contributed by atoms with E-state index in [1.54, 1.807) is 0 Å². The third-order valence-electron chi connectivity index (χ3n) is 3.06. The van der Waals surface area contributed by atoms with Gasteiger partial charge >= 0.3 is 0 Å². The topological polar surface area (TPSA) is 38.4 Å². The second-order valence-corrected chi connectivity index (χ2v) is 5.46. The summed E-state index contributed by atoms with van der Waals surface area (Å²) in [6, 6.07) is 0. The maximum absolute atomic E-state index is 5.89. The van der Waals surface area contributed by atoms with Crippen molar-refractivity contribution >= 4 is 5.84 Å². The van der Waals surface area contributed by atoms with E-state index in [0.717, 1.165) is 18.3 Å². The molecule has 0 aromatic rings. The molecule has 0 aromatic carbocycles. The summed E-state index contributed by atoms with van der Waals surface area (Å²) in [7, 11) is 0. The fourth-order valence-electron chi connectivity index (χ4n) is 1.90. The molecule has 2 heteroatoms. The lowest BCUT2D eigenvalue weighted by atomic mass is 9.95. The molecule has 0 unspecified atom stereocenters. The van der Waals surface area contributed by atoms with E-state index in [2.05, 4.69) is 25.8 Å². The average Bonchev–Trinajstić information content (AvgIpc) is 2.55. The molecule has 1 aliphatic rings. The van der Waals surface area contributed by atoms with Gasteiger partial charge in [0, 0.05) is 12.0 Å². The third kappa shape index (κ3) is 3.69. The molecule has 0 radical (unpaired) electrons. The smallest absolute Gasteiger partial charge is 0.0991 e. The molecule has 0 heterocycles. The summed E-state index contributed by atoms with van der Waals surface area (Å²) in [5.41, 5.74) is 5.92. The van der Waals surface area contributed by atoms with Gasteiger partial charge < -0.3 is 5.73 Å². The van der Waals surface area contributed by atoms with Crippen molar-refractivity contribution in [2.24, 2.45) is 22.1 Å². The van der Waals surface area contributed by atoms with Crippen LogP contribution in [0.2, 0.25) is 0 Å². The SMILES string of the molecule is CC(C)(C)C(N)=NCCC1CCCC1. The quantitative estimate of drug-likeness (QED) is 0.547. The van der Waals surface area contributed by atoms with Gasteiger partial charge in [-0.2, -0.15) is 0 Å². The molecule has 0 aromatic heterocycles. The van der Waals surface area contributed by atoms with Gasteiger partial charge in [0.25, 0.3) is 0 Å². The van der Waals surface area contributed by atoms with E-state index >= 15 is 0 Å². The lowest BCUT2D eigenvalue weighted by molar-refractivity contribution is 0.507. The Balaban J connectivity index is 2.25. The number of amidine groups is 1. The number of hydrogen-bond donors (Lipinski definition) is 1. The molecule has 82 valence electrons. The van der Waals surface area contributed by atoms with Crippen LogP contribution in [0.4, 0.5) is 0 Å². The van der Waals surface area contributed by atoms with Gasteiger partial charge in [0.05, 0.1) is 5.84 Å². The summed E-state index contributed by atoms with van der Waals surface area (Å²) < 4.78 is 0. The van der Waals surface area contributed by atoms with Gasteiger partial charge in [0.2, 0.25) is 0 Å². The first-order chi connectivity index (χ1) is 6.50. The van der Waals surface area contributed by atoms with Crippen LogP contribution < -0.4 is 5.73 Å². The Kier molecular flexibility index (Phi) is 3.97. The van der Waals surface area contributed by atoms with E-state index < -0.39 is 0 Å². The van der Waals surface area contributed by atoms with Crippen molar-refractivity contribution in [3.8, 4) is 0 Å². The maximum atomic E-state index is 5.89. The Morgan fingerprint density at radius 3 is 2.36 bits per heavy atom. The molecule has 1 rings (SSSR count). The molecular formula is C12H24N2. The normalized spacial score (nSPS) is 20.4. The molecule has 0 saturated heterocycles. The summed E-state index contributed by atoms with van der Waals surface area (Å²) in [4.78, 5) is 4.45. The molecule has 0 aliphatic heterocycles. The number of hydrogen-bond acceptors (Lipinski definition) is 1. The zero-order chi connectivity index (χ0) is 10.6. The van der Waals surface area contributed by atoms with Crippen LogP contribution in [0.25, 0.3) is 0 Å². The Hall–Kier alpha value is -0.530. The number of rotatable bonds is 3. The van der Waals surface area contributed by atoms with Crippen LogP contribution in [-0.2, 0) is 0 Å². The Morgan fingerprint density at radius 1 is 1.29 bits per heavy atom. The van der Waals surface area contributed by atoms with Crippen LogP contribution in [0.3, 0.4) is 0 Å². The largest absolute Gasteiger partial charge is 0.387 e. The standard InChI is InChI=1S/C12H24N2/c1-12(2,3)11(13)14-9-8-10-6-4-5-7-10/h10H,4-9H2,1-3H3,(H2,13,14). The van der Waals surface area contributed by atoms with Gasteiger partial charge in [-0.15, -0.1) is 0 Å². The molecule has 1 fully saturated rings. The summed E-state index contributed by atoms with van der Waals surface area (Å²) in [6.07, 6.45) is 6.89. The molecule has 14 heavy (non-hydrogen) atoms. The molecule has 2 N–H and O–H groups in total. The minimum Gasteiger partial charge on any atom is -0.387 e. The van der Waals surface area contributed by atoms with Crippen LogP contribution in [-0.4, -0.2) is 12.4 Å². The highest BCUT2D eigenvalue weighted by Crippen LogP contribution is 2.27. The molecule has 0 spiro atoms. The zero-order valence-corrected chi connectivity index (χ0v) is 9.84. The van der Waals surface area contributed by atoms with E-state index in [-0.39, 0.29) is 5.41 Å². The third-order valence-corrected chi connectivity index (χ3v) is 3.06. The second kappa shape index (κ2) is 4.81. The highest BCUT2D eigenvalue weighted by atomic mass is 14.9. The van der Waals surface area contributed by atoms with Crippen molar-refractivity contribution in [2.75, 3.05) is 6.54 Å².